The van der Waals surface area contributed by atoms with Crippen LogP contribution in [-0.2, 0) is 16.1 Å². The number of hydrogen-bond donors (Lipinski definition) is 2. The lowest BCUT2D eigenvalue weighted by Gasteiger charge is -2.48. The van der Waals surface area contributed by atoms with E-state index < -0.39 is 17.6 Å². The van der Waals surface area contributed by atoms with Crippen molar-refractivity contribution >= 4 is 46.3 Å². The molecular weight excluding hydrogens is 707 g/mol. The number of fused-ring (bicyclic) bond motifs is 3. The molecule has 0 aliphatic carbocycles. The molecule has 0 saturated carbocycles. The SMILES string of the molecule is CC(C)Oc1cc2nc(C3CCN(CC4(F)CN(c5ccc6c(c5)CN(C5CCC(=O)NC5=O)C6=O)C4)CC3)cn2cc1NC(=O)c1cnn2cccnc12. The van der Waals surface area contributed by atoms with E-state index in [2.05, 4.69) is 25.6 Å². The average molecular weight is 749 g/mol. The number of piperidine rings is 2. The number of nitrogens with zero attached hydrogens (tertiary/aromatic N) is 8. The fourth-order valence-electron chi connectivity index (χ4n) is 8.32. The highest BCUT2D eigenvalue weighted by Crippen LogP contribution is 2.37. The predicted octanol–water partition coefficient (Wildman–Crippen LogP) is 3.59. The molecule has 4 amide bonds. The number of hydrogen-bond acceptors (Lipinski definition) is 10. The molecule has 4 aromatic heterocycles. The second-order valence-electron chi connectivity index (χ2n) is 15.3. The highest BCUT2D eigenvalue weighted by Gasteiger charge is 2.46. The van der Waals surface area contributed by atoms with Gasteiger partial charge in [-0.1, -0.05) is 0 Å². The van der Waals surface area contributed by atoms with Crippen molar-refractivity contribution in [3.8, 4) is 5.75 Å². The van der Waals surface area contributed by atoms with E-state index in [1.54, 1.807) is 29.0 Å². The average Bonchev–Trinajstić information content (AvgIpc) is 3.86. The number of halogens is 1. The van der Waals surface area contributed by atoms with Crippen molar-refractivity contribution in [3.05, 3.63) is 83.7 Å². The molecule has 16 heteroatoms. The first kappa shape index (κ1) is 34.8. The number of anilines is 2. The van der Waals surface area contributed by atoms with Crippen molar-refractivity contribution in [2.75, 3.05) is 42.9 Å². The highest BCUT2D eigenvalue weighted by atomic mass is 19.1. The van der Waals surface area contributed by atoms with Gasteiger partial charge in [0, 0.05) is 67.5 Å². The van der Waals surface area contributed by atoms with E-state index in [9.17, 15) is 19.2 Å². The molecule has 4 aliphatic rings. The largest absolute Gasteiger partial charge is 0.489 e. The topological polar surface area (TPSA) is 159 Å². The summed E-state index contributed by atoms with van der Waals surface area (Å²) >= 11 is 0. The maximum Gasteiger partial charge on any atom is 0.261 e. The van der Waals surface area contributed by atoms with Gasteiger partial charge in [-0.15, -0.1) is 0 Å². The van der Waals surface area contributed by atoms with Crippen LogP contribution in [-0.4, -0.2) is 108 Å². The standard InChI is InChI=1S/C39H41FN10O5/c1-23(2)55-32-15-33-43-29(18-47(33)19-30(32)44-36(52)28-16-42-50-11-3-10-41-35(28)50)24-8-12-46(13-9-24)20-39(40)21-48(22-39)26-4-5-27-25(14-26)17-49(38(27)54)31-6-7-34(51)45-37(31)53/h3-5,10-11,14-16,18-19,23-24,31H,6-9,12-13,17,20-22H2,1-2H3,(H,44,52)(H,45,51,53). The zero-order valence-corrected chi connectivity index (χ0v) is 30.6. The number of rotatable bonds is 9. The van der Waals surface area contributed by atoms with Gasteiger partial charge < -0.3 is 24.3 Å². The zero-order valence-electron chi connectivity index (χ0n) is 30.6. The number of imide groups is 1. The summed E-state index contributed by atoms with van der Waals surface area (Å²) in [6.07, 6.45) is 10.7. The van der Waals surface area contributed by atoms with Gasteiger partial charge >= 0.3 is 0 Å². The van der Waals surface area contributed by atoms with Gasteiger partial charge in [-0.2, -0.15) is 5.10 Å². The molecule has 0 spiro atoms. The van der Waals surface area contributed by atoms with Crippen LogP contribution in [0.25, 0.3) is 11.3 Å². The Morgan fingerprint density at radius 2 is 1.93 bits per heavy atom. The lowest BCUT2D eigenvalue weighted by atomic mass is 9.90. The van der Waals surface area contributed by atoms with Gasteiger partial charge in [-0.05, 0) is 76.0 Å². The number of benzene rings is 1. The van der Waals surface area contributed by atoms with Crippen molar-refractivity contribution in [3.63, 3.8) is 0 Å². The number of likely N-dealkylation sites (tertiary alicyclic amines) is 1. The Bertz CT molecular complexity index is 2360. The minimum Gasteiger partial charge on any atom is -0.489 e. The monoisotopic (exact) mass is 748 g/mol. The summed E-state index contributed by atoms with van der Waals surface area (Å²) in [6, 6.07) is 8.45. The second-order valence-corrected chi connectivity index (χ2v) is 15.3. The van der Waals surface area contributed by atoms with Crippen LogP contribution < -0.4 is 20.3 Å². The predicted molar refractivity (Wildman–Crippen MR) is 199 cm³/mol. The molecule has 284 valence electrons. The van der Waals surface area contributed by atoms with Crippen molar-refractivity contribution in [2.45, 2.75) is 69.8 Å². The van der Waals surface area contributed by atoms with Crippen LogP contribution in [0.1, 0.15) is 77.4 Å². The molecule has 0 bridgehead atoms. The van der Waals surface area contributed by atoms with Crippen LogP contribution in [0.4, 0.5) is 15.8 Å². The maximum absolute atomic E-state index is 16.0. The molecule has 1 atom stereocenters. The first-order valence-corrected chi connectivity index (χ1v) is 18.7. The van der Waals surface area contributed by atoms with E-state index in [-0.39, 0.29) is 55.8 Å². The van der Waals surface area contributed by atoms with Crippen LogP contribution in [0.5, 0.6) is 5.75 Å². The van der Waals surface area contributed by atoms with E-state index >= 15 is 4.39 Å². The number of amides is 4. The second kappa shape index (κ2) is 13.4. The van der Waals surface area contributed by atoms with Crippen LogP contribution in [0, 0.1) is 0 Å². The van der Waals surface area contributed by atoms with E-state index in [1.165, 1.54) is 11.1 Å². The van der Waals surface area contributed by atoms with E-state index in [0.29, 0.717) is 46.8 Å². The minimum absolute atomic E-state index is 0.131. The molecule has 3 fully saturated rings. The number of carbonyl (C=O) groups excluding carboxylic acids is 4. The highest BCUT2D eigenvalue weighted by molar-refractivity contribution is 6.09. The molecule has 1 aromatic carbocycles. The Hall–Kier alpha value is -5.90. The smallest absolute Gasteiger partial charge is 0.261 e. The molecule has 2 N–H and O–H groups in total. The molecule has 8 heterocycles. The molecule has 55 heavy (non-hydrogen) atoms. The molecule has 15 nitrogen and oxygen atoms in total. The number of pyridine rings is 1. The van der Waals surface area contributed by atoms with Gasteiger partial charge in [0.2, 0.25) is 11.8 Å². The molecule has 1 unspecified atom stereocenters. The number of nitrogens with one attached hydrogen (secondary N) is 2. The third-order valence-corrected chi connectivity index (χ3v) is 11.0. The van der Waals surface area contributed by atoms with Gasteiger partial charge in [-0.25, -0.2) is 18.9 Å². The third kappa shape index (κ3) is 6.53. The Morgan fingerprint density at radius 3 is 2.71 bits per heavy atom. The molecule has 5 aromatic rings. The quantitative estimate of drug-likeness (QED) is 0.214. The van der Waals surface area contributed by atoms with Crippen LogP contribution >= 0.6 is 0 Å². The van der Waals surface area contributed by atoms with Crippen LogP contribution in [0.15, 0.2) is 61.3 Å². The number of ether oxygens (including phenoxy) is 1. The number of aromatic nitrogens is 5. The summed E-state index contributed by atoms with van der Waals surface area (Å²) in [5, 5.41) is 9.55. The van der Waals surface area contributed by atoms with Gasteiger partial charge in [0.05, 0.1) is 31.1 Å². The van der Waals surface area contributed by atoms with Crippen molar-refractivity contribution < 1.29 is 28.3 Å². The number of alkyl halides is 1. The normalized spacial score (nSPS) is 20.3. The Balaban J connectivity index is 0.814. The van der Waals surface area contributed by atoms with E-state index in [0.717, 1.165) is 42.9 Å². The Kier molecular flexibility index (Phi) is 8.51. The summed E-state index contributed by atoms with van der Waals surface area (Å²) in [4.78, 5) is 65.4. The first-order chi connectivity index (χ1) is 26.5. The maximum atomic E-state index is 16.0. The van der Waals surface area contributed by atoms with Crippen molar-refractivity contribution in [1.29, 1.82) is 0 Å². The fourth-order valence-corrected chi connectivity index (χ4v) is 8.32. The van der Waals surface area contributed by atoms with E-state index in [4.69, 9.17) is 9.72 Å². The first-order valence-electron chi connectivity index (χ1n) is 18.7. The summed E-state index contributed by atoms with van der Waals surface area (Å²) in [5.41, 5.74) is 3.82. The third-order valence-electron chi connectivity index (χ3n) is 11.0. The Labute approximate surface area is 315 Å². The van der Waals surface area contributed by atoms with Gasteiger partial charge in [0.1, 0.15) is 28.7 Å². The number of imidazole rings is 1. The van der Waals surface area contributed by atoms with Crippen LogP contribution in [0.3, 0.4) is 0 Å². The molecule has 0 radical (unpaired) electrons. The molecule has 3 saturated heterocycles. The van der Waals surface area contributed by atoms with Crippen molar-refractivity contribution in [2.24, 2.45) is 0 Å². The number of carbonyl (C=O) groups is 4. The lowest BCUT2D eigenvalue weighted by Crippen LogP contribution is -2.64. The summed E-state index contributed by atoms with van der Waals surface area (Å²) in [5.74, 6) is -0.610. The minimum atomic E-state index is -1.35. The van der Waals surface area contributed by atoms with Gasteiger partial charge in [0.25, 0.3) is 11.8 Å². The molecule has 4 aliphatic heterocycles. The summed E-state index contributed by atoms with van der Waals surface area (Å²) in [6.45, 7) is 6.50. The van der Waals surface area contributed by atoms with E-state index in [1.807, 2.05) is 53.7 Å². The lowest BCUT2D eigenvalue weighted by molar-refractivity contribution is -0.136. The van der Waals surface area contributed by atoms with Crippen LogP contribution in [0.2, 0.25) is 0 Å². The Morgan fingerprint density at radius 1 is 1.11 bits per heavy atom. The summed E-state index contributed by atoms with van der Waals surface area (Å²) < 4.78 is 25.6. The fraction of sp³-hybridized carbons (Fsp3) is 0.410. The molecular formula is C39H41FN10O5. The summed E-state index contributed by atoms with van der Waals surface area (Å²) in [7, 11) is 0. The molecule has 9 rings (SSSR count). The van der Waals surface area contributed by atoms with Gasteiger partial charge in [-0.3, -0.25) is 29.4 Å². The zero-order chi connectivity index (χ0) is 38.0. The van der Waals surface area contributed by atoms with Gasteiger partial charge in [0.15, 0.2) is 11.3 Å². The van der Waals surface area contributed by atoms with Crippen molar-refractivity contribution in [1.82, 2.24) is 39.1 Å².